The number of aromatic nitrogens is 1. The van der Waals surface area contributed by atoms with Gasteiger partial charge in [-0.15, -0.1) is 0 Å². The molecule has 1 aromatic heterocycles. The van der Waals surface area contributed by atoms with Crippen molar-refractivity contribution >= 4 is 16.6 Å². The number of para-hydroxylation sites is 1. The molecule has 62 valence electrons. The SMILES string of the molecule is N#Cc1c(N)cnc2ccccc12. The summed E-state index contributed by atoms with van der Waals surface area (Å²) >= 11 is 0. The third kappa shape index (κ3) is 1.09. The number of rotatable bonds is 0. The second kappa shape index (κ2) is 2.76. The molecule has 0 amide bonds. The standard InChI is InChI=1S/C10H7N3/c11-5-8-7-3-1-2-4-10(7)13-6-9(8)12/h1-4,6H,12H2. The van der Waals surface area contributed by atoms with Crippen LogP contribution in [-0.2, 0) is 0 Å². The van der Waals surface area contributed by atoms with Crippen LogP contribution >= 0.6 is 0 Å². The summed E-state index contributed by atoms with van der Waals surface area (Å²) in [6, 6.07) is 9.52. The van der Waals surface area contributed by atoms with Crippen molar-refractivity contribution in [2.24, 2.45) is 0 Å². The zero-order chi connectivity index (χ0) is 9.26. The van der Waals surface area contributed by atoms with E-state index in [4.69, 9.17) is 11.0 Å². The van der Waals surface area contributed by atoms with Gasteiger partial charge in [-0.1, -0.05) is 18.2 Å². The third-order valence-corrected chi connectivity index (χ3v) is 1.92. The van der Waals surface area contributed by atoms with Gasteiger partial charge in [0.2, 0.25) is 0 Å². The molecule has 0 aliphatic rings. The number of nitrogens with two attached hydrogens (primary N) is 1. The number of fused-ring (bicyclic) bond motifs is 1. The summed E-state index contributed by atoms with van der Waals surface area (Å²) in [5.41, 5.74) is 7.35. The molecule has 13 heavy (non-hydrogen) atoms. The molecule has 0 saturated heterocycles. The lowest BCUT2D eigenvalue weighted by Crippen LogP contribution is -1.93. The van der Waals surface area contributed by atoms with E-state index in [0.717, 1.165) is 10.9 Å². The molecule has 0 fully saturated rings. The van der Waals surface area contributed by atoms with Crippen molar-refractivity contribution in [1.82, 2.24) is 4.98 Å². The first kappa shape index (κ1) is 7.56. The smallest absolute Gasteiger partial charge is 0.102 e. The Morgan fingerprint density at radius 1 is 1.31 bits per heavy atom. The molecule has 0 atom stereocenters. The maximum atomic E-state index is 8.86. The minimum atomic E-state index is 0.432. The molecule has 0 aliphatic carbocycles. The first-order valence-corrected chi connectivity index (χ1v) is 3.86. The number of nitriles is 1. The van der Waals surface area contributed by atoms with Crippen LogP contribution in [0.2, 0.25) is 0 Å². The van der Waals surface area contributed by atoms with E-state index in [1.807, 2.05) is 24.3 Å². The van der Waals surface area contributed by atoms with E-state index in [1.165, 1.54) is 6.20 Å². The van der Waals surface area contributed by atoms with Gasteiger partial charge in [0, 0.05) is 5.39 Å². The fourth-order valence-electron chi connectivity index (χ4n) is 1.28. The lowest BCUT2D eigenvalue weighted by Gasteiger charge is -2.00. The molecular formula is C10H7N3. The first-order valence-electron chi connectivity index (χ1n) is 3.86. The van der Waals surface area contributed by atoms with Gasteiger partial charge in [0.25, 0.3) is 0 Å². The highest BCUT2D eigenvalue weighted by atomic mass is 14.7. The first-order chi connectivity index (χ1) is 6.33. The van der Waals surface area contributed by atoms with Crippen LogP contribution in [0.3, 0.4) is 0 Å². The van der Waals surface area contributed by atoms with Gasteiger partial charge in [0.1, 0.15) is 6.07 Å². The quantitative estimate of drug-likeness (QED) is 0.652. The zero-order valence-electron chi connectivity index (χ0n) is 6.86. The van der Waals surface area contributed by atoms with Crippen molar-refractivity contribution in [3.63, 3.8) is 0 Å². The highest BCUT2D eigenvalue weighted by Crippen LogP contribution is 2.20. The summed E-state index contributed by atoms with van der Waals surface area (Å²) < 4.78 is 0. The van der Waals surface area contributed by atoms with Crippen molar-refractivity contribution in [2.45, 2.75) is 0 Å². The number of nitrogen functional groups attached to an aromatic ring is 1. The van der Waals surface area contributed by atoms with Crippen molar-refractivity contribution in [3.8, 4) is 6.07 Å². The van der Waals surface area contributed by atoms with Crippen molar-refractivity contribution < 1.29 is 0 Å². The number of anilines is 1. The Balaban J connectivity index is 2.94. The van der Waals surface area contributed by atoms with E-state index < -0.39 is 0 Å². The lowest BCUT2D eigenvalue weighted by molar-refractivity contribution is 1.39. The summed E-state index contributed by atoms with van der Waals surface area (Å²) in [4.78, 5) is 4.11. The Bertz CT molecular complexity index is 497. The van der Waals surface area contributed by atoms with E-state index in [1.54, 1.807) is 0 Å². The molecule has 0 aliphatic heterocycles. The minimum absolute atomic E-state index is 0.432. The largest absolute Gasteiger partial charge is 0.396 e. The van der Waals surface area contributed by atoms with Crippen LogP contribution < -0.4 is 5.73 Å². The van der Waals surface area contributed by atoms with Crippen molar-refractivity contribution in [2.75, 3.05) is 5.73 Å². The summed E-state index contributed by atoms with van der Waals surface area (Å²) in [6.07, 6.45) is 1.51. The van der Waals surface area contributed by atoms with E-state index >= 15 is 0 Å². The molecule has 2 N–H and O–H groups in total. The highest BCUT2D eigenvalue weighted by molar-refractivity contribution is 5.88. The second-order valence-electron chi connectivity index (χ2n) is 2.72. The molecule has 0 unspecified atom stereocenters. The van der Waals surface area contributed by atoms with Gasteiger partial charge in [-0.3, -0.25) is 4.98 Å². The molecular weight excluding hydrogens is 162 g/mol. The fraction of sp³-hybridized carbons (Fsp3) is 0. The van der Waals surface area contributed by atoms with Crippen LogP contribution in [0.15, 0.2) is 30.5 Å². The van der Waals surface area contributed by atoms with Gasteiger partial charge in [-0.2, -0.15) is 5.26 Å². The summed E-state index contributed by atoms with van der Waals surface area (Å²) in [5.74, 6) is 0. The Labute approximate surface area is 75.4 Å². The van der Waals surface area contributed by atoms with E-state index in [-0.39, 0.29) is 0 Å². The fourth-order valence-corrected chi connectivity index (χ4v) is 1.28. The summed E-state index contributed by atoms with van der Waals surface area (Å²) in [7, 11) is 0. The van der Waals surface area contributed by atoms with Gasteiger partial charge in [-0.05, 0) is 6.07 Å². The number of hydrogen-bond donors (Lipinski definition) is 1. The molecule has 2 aromatic rings. The molecule has 0 saturated carbocycles. The van der Waals surface area contributed by atoms with E-state index in [2.05, 4.69) is 11.1 Å². The van der Waals surface area contributed by atoms with Crippen molar-refractivity contribution in [3.05, 3.63) is 36.0 Å². The van der Waals surface area contributed by atoms with Crippen LogP contribution in [0.5, 0.6) is 0 Å². The van der Waals surface area contributed by atoms with Gasteiger partial charge >= 0.3 is 0 Å². The summed E-state index contributed by atoms with van der Waals surface area (Å²) in [6.45, 7) is 0. The Morgan fingerprint density at radius 3 is 2.85 bits per heavy atom. The number of nitrogens with zero attached hydrogens (tertiary/aromatic N) is 2. The Kier molecular flexibility index (Phi) is 1.60. The number of benzene rings is 1. The third-order valence-electron chi connectivity index (χ3n) is 1.92. The van der Waals surface area contributed by atoms with Gasteiger partial charge in [0.15, 0.2) is 0 Å². The normalized spacial score (nSPS) is 9.77. The number of hydrogen-bond acceptors (Lipinski definition) is 3. The molecule has 0 spiro atoms. The van der Waals surface area contributed by atoms with E-state index in [0.29, 0.717) is 11.3 Å². The minimum Gasteiger partial charge on any atom is -0.396 e. The van der Waals surface area contributed by atoms with Crippen LogP contribution in [0.1, 0.15) is 5.56 Å². The second-order valence-corrected chi connectivity index (χ2v) is 2.72. The Hall–Kier alpha value is -2.08. The number of pyridine rings is 1. The lowest BCUT2D eigenvalue weighted by atomic mass is 10.1. The molecule has 2 rings (SSSR count). The van der Waals surface area contributed by atoms with Gasteiger partial charge < -0.3 is 5.73 Å². The topological polar surface area (TPSA) is 62.7 Å². The predicted molar refractivity (Wildman–Crippen MR) is 50.9 cm³/mol. The monoisotopic (exact) mass is 169 g/mol. The van der Waals surface area contributed by atoms with E-state index in [9.17, 15) is 0 Å². The molecule has 1 heterocycles. The maximum Gasteiger partial charge on any atom is 0.102 e. The van der Waals surface area contributed by atoms with Crippen LogP contribution in [0.4, 0.5) is 5.69 Å². The van der Waals surface area contributed by atoms with Gasteiger partial charge in [-0.25, -0.2) is 0 Å². The molecule has 1 aromatic carbocycles. The van der Waals surface area contributed by atoms with Crippen LogP contribution in [0, 0.1) is 11.3 Å². The highest BCUT2D eigenvalue weighted by Gasteiger charge is 2.03. The molecule has 0 radical (unpaired) electrons. The van der Waals surface area contributed by atoms with Crippen LogP contribution in [0.25, 0.3) is 10.9 Å². The van der Waals surface area contributed by atoms with Crippen molar-refractivity contribution in [1.29, 1.82) is 5.26 Å². The predicted octanol–water partition coefficient (Wildman–Crippen LogP) is 1.69. The molecule has 3 nitrogen and oxygen atoms in total. The zero-order valence-corrected chi connectivity index (χ0v) is 6.86. The molecule has 3 heteroatoms. The maximum absolute atomic E-state index is 8.86. The average Bonchev–Trinajstić information content (AvgIpc) is 2.18. The Morgan fingerprint density at radius 2 is 2.08 bits per heavy atom. The van der Waals surface area contributed by atoms with Crippen LogP contribution in [-0.4, -0.2) is 4.98 Å². The summed E-state index contributed by atoms with van der Waals surface area (Å²) in [5, 5.41) is 9.67. The molecule has 0 bridgehead atoms. The van der Waals surface area contributed by atoms with Gasteiger partial charge in [0.05, 0.1) is 23.0 Å². The average molecular weight is 169 g/mol.